The fraction of sp³-hybridized carbons (Fsp3) is 0.500. The van der Waals surface area contributed by atoms with Crippen molar-refractivity contribution in [2.75, 3.05) is 24.2 Å². The molecule has 0 aromatic heterocycles. The molecule has 0 saturated heterocycles. The fourth-order valence-corrected chi connectivity index (χ4v) is 1.35. The predicted molar refractivity (Wildman–Crippen MR) is 68.2 cm³/mol. The van der Waals surface area contributed by atoms with E-state index in [-0.39, 0.29) is 19.3 Å². The quantitative estimate of drug-likeness (QED) is 0.553. The van der Waals surface area contributed by atoms with Crippen LogP contribution in [0.15, 0.2) is 18.2 Å². The molecule has 5 heteroatoms. The number of aliphatic hydroxyl groups is 2. The third-order valence-electron chi connectivity index (χ3n) is 2.17. The van der Waals surface area contributed by atoms with Gasteiger partial charge >= 0.3 is 0 Å². The van der Waals surface area contributed by atoms with Gasteiger partial charge in [0.25, 0.3) is 0 Å². The number of para-hydroxylation sites is 1. The molecule has 5 N–H and O–H groups in total. The summed E-state index contributed by atoms with van der Waals surface area (Å²) < 4.78 is 5.54. The molecule has 1 atom stereocenters. The third kappa shape index (κ3) is 4.13. The van der Waals surface area contributed by atoms with E-state index in [9.17, 15) is 5.11 Å². The fourth-order valence-electron chi connectivity index (χ4n) is 1.35. The van der Waals surface area contributed by atoms with E-state index in [1.807, 2.05) is 19.9 Å². The van der Waals surface area contributed by atoms with Gasteiger partial charge in [-0.2, -0.15) is 0 Å². The van der Waals surface area contributed by atoms with Crippen LogP contribution in [-0.2, 0) is 0 Å². The average molecular weight is 240 g/mol. The second-order valence-corrected chi connectivity index (χ2v) is 4.10. The highest BCUT2D eigenvalue weighted by Crippen LogP contribution is 2.29. The number of hydrogen-bond acceptors (Lipinski definition) is 5. The van der Waals surface area contributed by atoms with Gasteiger partial charge in [-0.25, -0.2) is 0 Å². The van der Waals surface area contributed by atoms with E-state index in [0.717, 1.165) is 0 Å². The molecule has 0 bridgehead atoms. The molecule has 0 fully saturated rings. The molecular formula is C12H20N2O3. The molecule has 0 aliphatic carbocycles. The van der Waals surface area contributed by atoms with Gasteiger partial charge < -0.3 is 26.0 Å². The highest BCUT2D eigenvalue weighted by atomic mass is 16.5. The first kappa shape index (κ1) is 13.6. The summed E-state index contributed by atoms with van der Waals surface area (Å²) in [6.07, 6.45) is -0.750. The lowest BCUT2D eigenvalue weighted by Gasteiger charge is -2.16. The first-order valence-corrected chi connectivity index (χ1v) is 5.62. The van der Waals surface area contributed by atoms with Crippen molar-refractivity contribution in [3.8, 4) is 5.75 Å². The minimum atomic E-state index is -0.802. The Morgan fingerprint density at radius 1 is 1.41 bits per heavy atom. The van der Waals surface area contributed by atoms with Crippen molar-refractivity contribution < 1.29 is 14.9 Å². The van der Waals surface area contributed by atoms with Gasteiger partial charge in [0, 0.05) is 6.54 Å². The first-order chi connectivity index (χ1) is 8.04. The van der Waals surface area contributed by atoms with Crippen LogP contribution in [0.5, 0.6) is 5.75 Å². The lowest BCUT2D eigenvalue weighted by Crippen LogP contribution is -2.23. The monoisotopic (exact) mass is 240 g/mol. The van der Waals surface area contributed by atoms with Crippen LogP contribution >= 0.6 is 0 Å². The molecule has 0 aliphatic heterocycles. The highest BCUT2D eigenvalue weighted by molar-refractivity contribution is 5.72. The maximum Gasteiger partial charge on any atom is 0.144 e. The SMILES string of the molecule is CC(C)Oc1cccc(NCC(O)CO)c1N. The maximum absolute atomic E-state index is 9.24. The van der Waals surface area contributed by atoms with E-state index in [2.05, 4.69) is 5.32 Å². The summed E-state index contributed by atoms with van der Waals surface area (Å²) in [6, 6.07) is 5.41. The molecule has 0 radical (unpaired) electrons. The Morgan fingerprint density at radius 3 is 2.71 bits per heavy atom. The van der Waals surface area contributed by atoms with Crippen LogP contribution in [0.2, 0.25) is 0 Å². The summed E-state index contributed by atoms with van der Waals surface area (Å²) in [5.41, 5.74) is 7.12. The van der Waals surface area contributed by atoms with Crippen molar-refractivity contribution in [3.63, 3.8) is 0 Å². The number of benzene rings is 1. The third-order valence-corrected chi connectivity index (χ3v) is 2.17. The standard InChI is InChI=1S/C12H20N2O3/c1-8(2)17-11-5-3-4-10(12(11)13)14-6-9(16)7-15/h3-5,8-9,14-16H,6-7,13H2,1-2H3. The molecule has 17 heavy (non-hydrogen) atoms. The van der Waals surface area contributed by atoms with Gasteiger partial charge in [-0.05, 0) is 26.0 Å². The summed E-state index contributed by atoms with van der Waals surface area (Å²) in [4.78, 5) is 0. The summed E-state index contributed by atoms with van der Waals surface area (Å²) in [5.74, 6) is 0.614. The van der Waals surface area contributed by atoms with Crippen molar-refractivity contribution >= 4 is 11.4 Å². The number of ether oxygens (including phenoxy) is 1. The zero-order chi connectivity index (χ0) is 12.8. The van der Waals surface area contributed by atoms with Crippen LogP contribution in [0.1, 0.15) is 13.8 Å². The Labute approximate surface area is 101 Å². The van der Waals surface area contributed by atoms with Crippen molar-refractivity contribution in [1.29, 1.82) is 0 Å². The van der Waals surface area contributed by atoms with Crippen LogP contribution in [0, 0.1) is 0 Å². The van der Waals surface area contributed by atoms with Gasteiger partial charge in [0.2, 0.25) is 0 Å². The summed E-state index contributed by atoms with van der Waals surface area (Å²) >= 11 is 0. The molecular weight excluding hydrogens is 220 g/mol. The maximum atomic E-state index is 9.24. The Hall–Kier alpha value is -1.46. The lowest BCUT2D eigenvalue weighted by atomic mass is 10.2. The molecule has 0 heterocycles. The van der Waals surface area contributed by atoms with Gasteiger partial charge in [0.1, 0.15) is 5.75 Å². The Morgan fingerprint density at radius 2 is 2.12 bits per heavy atom. The molecule has 0 amide bonds. The average Bonchev–Trinajstić information content (AvgIpc) is 2.29. The Balaban J connectivity index is 2.72. The van der Waals surface area contributed by atoms with Crippen LogP contribution in [0.3, 0.4) is 0 Å². The lowest BCUT2D eigenvalue weighted by molar-refractivity contribution is 0.105. The smallest absolute Gasteiger partial charge is 0.144 e. The zero-order valence-electron chi connectivity index (χ0n) is 10.2. The number of aliphatic hydroxyl groups excluding tert-OH is 2. The molecule has 0 aliphatic rings. The number of rotatable bonds is 6. The second kappa shape index (κ2) is 6.32. The van der Waals surface area contributed by atoms with Crippen molar-refractivity contribution in [1.82, 2.24) is 0 Å². The molecule has 1 unspecified atom stereocenters. The molecule has 96 valence electrons. The molecule has 5 nitrogen and oxygen atoms in total. The van der Waals surface area contributed by atoms with E-state index in [1.165, 1.54) is 0 Å². The van der Waals surface area contributed by atoms with E-state index < -0.39 is 6.10 Å². The molecule has 0 saturated carbocycles. The van der Waals surface area contributed by atoms with Gasteiger partial charge in [-0.1, -0.05) is 6.07 Å². The van der Waals surface area contributed by atoms with E-state index >= 15 is 0 Å². The van der Waals surface area contributed by atoms with E-state index in [4.69, 9.17) is 15.6 Å². The van der Waals surface area contributed by atoms with Crippen molar-refractivity contribution in [2.45, 2.75) is 26.1 Å². The van der Waals surface area contributed by atoms with Gasteiger partial charge in [0.15, 0.2) is 0 Å². The predicted octanol–water partition coefficient (Wildman–Crippen LogP) is 0.821. The zero-order valence-corrected chi connectivity index (χ0v) is 10.2. The summed E-state index contributed by atoms with van der Waals surface area (Å²) in [5, 5.41) is 20.9. The molecule has 0 spiro atoms. The van der Waals surface area contributed by atoms with Crippen LogP contribution < -0.4 is 15.8 Å². The molecule has 1 rings (SSSR count). The number of hydrogen-bond donors (Lipinski definition) is 4. The van der Waals surface area contributed by atoms with E-state index in [1.54, 1.807) is 12.1 Å². The second-order valence-electron chi connectivity index (χ2n) is 4.10. The highest BCUT2D eigenvalue weighted by Gasteiger charge is 2.08. The molecule has 1 aromatic carbocycles. The van der Waals surface area contributed by atoms with Gasteiger partial charge in [-0.3, -0.25) is 0 Å². The number of nitrogen functional groups attached to an aromatic ring is 1. The Kier molecular flexibility index (Phi) is 5.06. The van der Waals surface area contributed by atoms with Crippen LogP contribution in [0.4, 0.5) is 11.4 Å². The number of nitrogens with two attached hydrogens (primary N) is 1. The number of anilines is 2. The van der Waals surface area contributed by atoms with Crippen LogP contribution in [0.25, 0.3) is 0 Å². The largest absolute Gasteiger partial charge is 0.489 e. The van der Waals surface area contributed by atoms with Crippen molar-refractivity contribution in [3.05, 3.63) is 18.2 Å². The number of nitrogens with one attached hydrogen (secondary N) is 1. The first-order valence-electron chi connectivity index (χ1n) is 5.62. The van der Waals surface area contributed by atoms with E-state index in [0.29, 0.717) is 17.1 Å². The van der Waals surface area contributed by atoms with Gasteiger partial charge in [-0.15, -0.1) is 0 Å². The van der Waals surface area contributed by atoms with Gasteiger partial charge in [0.05, 0.1) is 30.2 Å². The van der Waals surface area contributed by atoms with Crippen molar-refractivity contribution in [2.24, 2.45) is 0 Å². The van der Waals surface area contributed by atoms with Crippen LogP contribution in [-0.4, -0.2) is 35.6 Å². The minimum Gasteiger partial charge on any atom is -0.489 e. The Bertz CT molecular complexity index is 356. The minimum absolute atomic E-state index is 0.0515. The summed E-state index contributed by atoms with van der Waals surface area (Å²) in [6.45, 7) is 3.81. The molecule has 1 aromatic rings. The topological polar surface area (TPSA) is 87.7 Å². The summed E-state index contributed by atoms with van der Waals surface area (Å²) in [7, 11) is 0. The normalized spacial score (nSPS) is 12.5.